The predicted molar refractivity (Wildman–Crippen MR) is 31.7 cm³/mol. The molecular formula is C3H7O7P. The van der Waals surface area contributed by atoms with Crippen molar-refractivity contribution in [1.29, 1.82) is 0 Å². The highest BCUT2D eigenvalue weighted by Gasteiger charge is 2.52. The zero-order valence-electron chi connectivity index (χ0n) is 5.21. The molecule has 8 heteroatoms. The summed E-state index contributed by atoms with van der Waals surface area (Å²) in [5, 5.41) is 21.5. The molecule has 66 valence electrons. The smallest absolute Gasteiger partial charge is 0.370 e. The van der Waals surface area contributed by atoms with Gasteiger partial charge in [-0.25, -0.2) is 4.79 Å². The van der Waals surface area contributed by atoms with Crippen molar-refractivity contribution in [2.45, 2.75) is 5.34 Å². The maximum Gasteiger partial charge on any atom is 0.370 e. The molecule has 0 aromatic rings. The van der Waals surface area contributed by atoms with Crippen molar-refractivity contribution in [3.63, 3.8) is 0 Å². The summed E-state index contributed by atoms with van der Waals surface area (Å²) in [4.78, 5) is 26.5. The lowest BCUT2D eigenvalue weighted by Crippen LogP contribution is -2.41. The fourth-order valence-corrected chi connectivity index (χ4v) is 0.718. The van der Waals surface area contributed by atoms with Crippen molar-refractivity contribution < 1.29 is 34.5 Å². The van der Waals surface area contributed by atoms with Crippen molar-refractivity contribution in [2.24, 2.45) is 0 Å². The average molecular weight is 186 g/mol. The van der Waals surface area contributed by atoms with E-state index in [-0.39, 0.29) is 0 Å². The van der Waals surface area contributed by atoms with E-state index in [1.807, 2.05) is 0 Å². The van der Waals surface area contributed by atoms with Crippen LogP contribution in [0.2, 0.25) is 0 Å². The van der Waals surface area contributed by atoms with Crippen molar-refractivity contribution in [3.05, 3.63) is 0 Å². The predicted octanol–water partition coefficient (Wildman–Crippen LogP) is -2.07. The minimum atomic E-state index is -5.24. The molecule has 0 aliphatic rings. The summed E-state index contributed by atoms with van der Waals surface area (Å²) in [5.74, 6) is -2.16. The molecule has 0 aliphatic carbocycles. The third-order valence-electron chi connectivity index (χ3n) is 1.04. The van der Waals surface area contributed by atoms with E-state index < -0.39 is 25.5 Å². The van der Waals surface area contributed by atoms with Crippen molar-refractivity contribution in [1.82, 2.24) is 0 Å². The molecular weight excluding hydrogens is 179 g/mol. The largest absolute Gasteiger partial charge is 0.479 e. The first-order valence-electron chi connectivity index (χ1n) is 2.38. The van der Waals surface area contributed by atoms with Crippen LogP contribution in [0.1, 0.15) is 0 Å². The molecule has 0 radical (unpaired) electrons. The Morgan fingerprint density at radius 2 is 1.82 bits per heavy atom. The quantitative estimate of drug-likeness (QED) is 0.319. The maximum atomic E-state index is 10.2. The Kier molecular flexibility index (Phi) is 2.76. The lowest BCUT2D eigenvalue weighted by Gasteiger charge is -2.20. The average Bonchev–Trinajstić information content (AvgIpc) is 1.83. The third-order valence-corrected chi connectivity index (χ3v) is 2.34. The standard InChI is InChI=1S/C3H7O7P/c4-1-3(7,2(5)6)11(8,9)10/h4,7H,1H2,(H,5,6)(H2,8,9,10). The van der Waals surface area contributed by atoms with E-state index in [0.717, 1.165) is 0 Å². The van der Waals surface area contributed by atoms with E-state index >= 15 is 0 Å². The fraction of sp³-hybridized carbons (Fsp3) is 0.667. The molecule has 0 aliphatic heterocycles. The number of carboxylic acids is 1. The van der Waals surface area contributed by atoms with Gasteiger partial charge >= 0.3 is 13.6 Å². The van der Waals surface area contributed by atoms with Gasteiger partial charge in [-0.05, 0) is 0 Å². The molecule has 11 heavy (non-hydrogen) atoms. The molecule has 1 unspecified atom stereocenters. The maximum absolute atomic E-state index is 10.2. The van der Waals surface area contributed by atoms with Crippen LogP contribution in [-0.4, -0.2) is 43.0 Å². The van der Waals surface area contributed by atoms with Crippen molar-refractivity contribution >= 4 is 13.6 Å². The Morgan fingerprint density at radius 1 is 1.45 bits per heavy atom. The first-order valence-corrected chi connectivity index (χ1v) is 3.99. The second-order valence-corrected chi connectivity index (χ2v) is 3.65. The molecule has 5 N–H and O–H groups in total. The number of hydrogen-bond acceptors (Lipinski definition) is 4. The van der Waals surface area contributed by atoms with E-state index in [2.05, 4.69) is 0 Å². The fourth-order valence-electron chi connectivity index (χ4n) is 0.284. The first kappa shape index (κ1) is 10.5. The number of aliphatic hydroxyl groups excluding tert-OH is 1. The summed E-state index contributed by atoms with van der Waals surface area (Å²) < 4.78 is 10.2. The van der Waals surface area contributed by atoms with E-state index in [1.165, 1.54) is 0 Å². The van der Waals surface area contributed by atoms with Gasteiger partial charge in [0.25, 0.3) is 5.34 Å². The second kappa shape index (κ2) is 2.88. The number of aliphatic carboxylic acids is 1. The van der Waals surface area contributed by atoms with Gasteiger partial charge in [0, 0.05) is 0 Å². The Morgan fingerprint density at radius 3 is 1.82 bits per heavy atom. The van der Waals surface area contributed by atoms with Crippen LogP contribution >= 0.6 is 7.60 Å². The van der Waals surface area contributed by atoms with Gasteiger partial charge in [-0.1, -0.05) is 0 Å². The van der Waals surface area contributed by atoms with Gasteiger partial charge in [0.15, 0.2) is 0 Å². The summed E-state index contributed by atoms with van der Waals surface area (Å²) in [6, 6.07) is 0. The molecule has 1 atom stereocenters. The van der Waals surface area contributed by atoms with Gasteiger partial charge in [0.05, 0.1) is 6.61 Å². The monoisotopic (exact) mass is 186 g/mol. The van der Waals surface area contributed by atoms with E-state index in [0.29, 0.717) is 0 Å². The Labute approximate surface area is 61.1 Å². The van der Waals surface area contributed by atoms with Gasteiger partial charge in [-0.15, -0.1) is 0 Å². The van der Waals surface area contributed by atoms with E-state index in [4.69, 9.17) is 25.1 Å². The van der Waals surface area contributed by atoms with Gasteiger partial charge in [-0.2, -0.15) is 0 Å². The number of aliphatic hydroxyl groups is 2. The normalized spacial score (nSPS) is 17.5. The molecule has 0 saturated heterocycles. The first-order chi connectivity index (χ1) is 4.75. The van der Waals surface area contributed by atoms with E-state index in [9.17, 15) is 9.36 Å². The summed E-state index contributed by atoms with van der Waals surface area (Å²) in [7, 11) is -5.24. The SMILES string of the molecule is O=C(O)C(O)(CO)P(=O)(O)O. The summed E-state index contributed by atoms with van der Waals surface area (Å²) >= 11 is 0. The molecule has 0 bridgehead atoms. The van der Waals surface area contributed by atoms with Crippen LogP contribution in [0.15, 0.2) is 0 Å². The minimum Gasteiger partial charge on any atom is -0.479 e. The van der Waals surface area contributed by atoms with E-state index in [1.54, 1.807) is 0 Å². The summed E-state index contributed by atoms with van der Waals surface area (Å²) in [6.45, 7) is -1.54. The number of carboxylic acid groups (broad SMARTS) is 1. The van der Waals surface area contributed by atoms with Crippen LogP contribution in [0.5, 0.6) is 0 Å². The van der Waals surface area contributed by atoms with Crippen LogP contribution in [0.25, 0.3) is 0 Å². The molecule has 0 rings (SSSR count). The topological polar surface area (TPSA) is 135 Å². The van der Waals surface area contributed by atoms with Gasteiger partial charge in [0.1, 0.15) is 0 Å². The summed E-state index contributed by atoms with van der Waals surface area (Å²) in [6.07, 6.45) is 0. The lowest BCUT2D eigenvalue weighted by atomic mass is 10.4. The highest BCUT2D eigenvalue weighted by Crippen LogP contribution is 2.48. The third kappa shape index (κ3) is 1.76. The van der Waals surface area contributed by atoms with Crippen LogP contribution < -0.4 is 0 Å². The number of carbonyl (C=O) groups is 1. The Bertz CT molecular complexity index is 206. The molecule has 0 heterocycles. The molecule has 0 aromatic heterocycles. The van der Waals surface area contributed by atoms with Crippen LogP contribution in [-0.2, 0) is 9.36 Å². The second-order valence-electron chi connectivity index (χ2n) is 1.82. The van der Waals surface area contributed by atoms with Crippen molar-refractivity contribution in [3.8, 4) is 0 Å². The number of rotatable bonds is 3. The zero-order chi connectivity index (χ0) is 9.28. The minimum absolute atomic E-state index is 1.54. The van der Waals surface area contributed by atoms with Crippen LogP contribution in [0.3, 0.4) is 0 Å². The molecule has 0 aromatic carbocycles. The van der Waals surface area contributed by atoms with Crippen molar-refractivity contribution in [2.75, 3.05) is 6.61 Å². The molecule has 0 spiro atoms. The van der Waals surface area contributed by atoms with Crippen LogP contribution in [0.4, 0.5) is 0 Å². The highest BCUT2D eigenvalue weighted by molar-refractivity contribution is 7.54. The Hall–Kier alpha value is -0.460. The molecule has 0 fully saturated rings. The number of hydrogen-bond donors (Lipinski definition) is 5. The molecule has 0 amide bonds. The van der Waals surface area contributed by atoms with Gasteiger partial charge in [-0.3, -0.25) is 4.57 Å². The lowest BCUT2D eigenvalue weighted by molar-refractivity contribution is -0.154. The van der Waals surface area contributed by atoms with Crippen LogP contribution in [0, 0.1) is 0 Å². The molecule has 0 saturated carbocycles. The van der Waals surface area contributed by atoms with Gasteiger partial charge < -0.3 is 25.1 Å². The van der Waals surface area contributed by atoms with Gasteiger partial charge in [0.2, 0.25) is 0 Å². The molecule has 7 nitrogen and oxygen atoms in total. The zero-order valence-corrected chi connectivity index (χ0v) is 6.10. The highest BCUT2D eigenvalue weighted by atomic mass is 31.2. The Balaban J connectivity index is 4.92. The summed E-state index contributed by atoms with van der Waals surface area (Å²) in [5.41, 5.74) is 0.